The summed E-state index contributed by atoms with van der Waals surface area (Å²) in [7, 11) is -3.36. The second-order valence-corrected chi connectivity index (χ2v) is 5.73. The second-order valence-electron chi connectivity index (χ2n) is 3.62. The zero-order valence-electron chi connectivity index (χ0n) is 9.14. The first-order valence-electron chi connectivity index (χ1n) is 4.97. The van der Waals surface area contributed by atoms with Crippen molar-refractivity contribution in [2.24, 2.45) is 5.73 Å². The smallest absolute Gasteiger partial charge is 0.178 e. The van der Waals surface area contributed by atoms with Crippen molar-refractivity contribution in [3.63, 3.8) is 0 Å². The molecule has 0 atom stereocenters. The Morgan fingerprint density at radius 2 is 1.81 bits per heavy atom. The third kappa shape index (κ3) is 3.43. The number of carbonyl (C=O) groups is 1. The van der Waals surface area contributed by atoms with E-state index >= 15 is 0 Å². The summed E-state index contributed by atoms with van der Waals surface area (Å²) in [6, 6.07) is 6.57. The SMILES string of the molecule is Cc1ccc(S(=O)(=O)CCC(=O)CN)cc1. The minimum atomic E-state index is -3.36. The third-order valence-electron chi connectivity index (χ3n) is 2.26. The largest absolute Gasteiger partial charge is 0.324 e. The fourth-order valence-corrected chi connectivity index (χ4v) is 2.50. The fraction of sp³-hybridized carbons (Fsp3) is 0.364. The van der Waals surface area contributed by atoms with Gasteiger partial charge in [-0.3, -0.25) is 4.79 Å². The molecule has 2 N–H and O–H groups in total. The molecule has 0 fully saturated rings. The lowest BCUT2D eigenvalue weighted by atomic mass is 10.2. The predicted molar refractivity (Wildman–Crippen MR) is 61.9 cm³/mol. The van der Waals surface area contributed by atoms with Gasteiger partial charge in [0.2, 0.25) is 0 Å². The molecule has 1 aromatic rings. The lowest BCUT2D eigenvalue weighted by Gasteiger charge is -2.03. The van der Waals surface area contributed by atoms with Crippen LogP contribution in [0.5, 0.6) is 0 Å². The molecule has 0 unspecified atom stereocenters. The maximum atomic E-state index is 11.8. The minimum Gasteiger partial charge on any atom is -0.324 e. The average Bonchev–Trinajstić information content (AvgIpc) is 2.26. The number of carbonyl (C=O) groups excluding carboxylic acids is 1. The second kappa shape index (κ2) is 5.23. The third-order valence-corrected chi connectivity index (χ3v) is 3.99. The Labute approximate surface area is 95.4 Å². The van der Waals surface area contributed by atoms with Gasteiger partial charge in [-0.15, -0.1) is 0 Å². The Bertz CT molecular complexity index is 463. The molecule has 0 radical (unpaired) electrons. The van der Waals surface area contributed by atoms with Crippen molar-refractivity contribution in [1.82, 2.24) is 0 Å². The standard InChI is InChI=1S/C11H15NO3S/c1-9-2-4-11(5-3-9)16(14,15)7-6-10(13)8-12/h2-5H,6-8,12H2,1H3. The molecule has 0 aliphatic carbocycles. The van der Waals surface area contributed by atoms with E-state index in [1.54, 1.807) is 24.3 Å². The van der Waals surface area contributed by atoms with E-state index in [0.717, 1.165) is 5.56 Å². The van der Waals surface area contributed by atoms with Gasteiger partial charge in [0.1, 0.15) is 5.78 Å². The monoisotopic (exact) mass is 241 g/mol. The van der Waals surface area contributed by atoms with Crippen LogP contribution in [0.2, 0.25) is 0 Å². The lowest BCUT2D eigenvalue weighted by molar-refractivity contribution is -0.117. The van der Waals surface area contributed by atoms with Crippen molar-refractivity contribution in [3.8, 4) is 0 Å². The van der Waals surface area contributed by atoms with E-state index in [-0.39, 0.29) is 29.4 Å². The number of ketones is 1. The number of nitrogens with two attached hydrogens (primary N) is 1. The van der Waals surface area contributed by atoms with Crippen LogP contribution in [0.25, 0.3) is 0 Å². The summed E-state index contributed by atoms with van der Waals surface area (Å²) in [5.74, 6) is -0.415. The van der Waals surface area contributed by atoms with E-state index in [4.69, 9.17) is 5.73 Å². The summed E-state index contributed by atoms with van der Waals surface area (Å²) < 4.78 is 23.5. The summed E-state index contributed by atoms with van der Waals surface area (Å²) in [6.07, 6.45) is -0.0211. The van der Waals surface area contributed by atoms with Gasteiger partial charge in [0.15, 0.2) is 9.84 Å². The molecule has 0 saturated carbocycles. The maximum absolute atomic E-state index is 11.8. The minimum absolute atomic E-state index is 0.0211. The van der Waals surface area contributed by atoms with Crippen molar-refractivity contribution < 1.29 is 13.2 Å². The van der Waals surface area contributed by atoms with Crippen molar-refractivity contribution in [2.75, 3.05) is 12.3 Å². The van der Waals surface area contributed by atoms with Crippen molar-refractivity contribution >= 4 is 15.6 Å². The van der Waals surface area contributed by atoms with Crippen molar-refractivity contribution in [1.29, 1.82) is 0 Å². The molecule has 88 valence electrons. The molecule has 0 spiro atoms. The fourth-order valence-electron chi connectivity index (χ4n) is 1.21. The first kappa shape index (κ1) is 12.9. The van der Waals surface area contributed by atoms with Gasteiger partial charge in [0, 0.05) is 6.42 Å². The van der Waals surface area contributed by atoms with E-state index in [2.05, 4.69) is 0 Å². The van der Waals surface area contributed by atoms with Crippen LogP contribution < -0.4 is 5.73 Å². The molecule has 4 nitrogen and oxygen atoms in total. The van der Waals surface area contributed by atoms with Crippen LogP contribution in [-0.4, -0.2) is 26.5 Å². The Balaban J connectivity index is 2.78. The van der Waals surface area contributed by atoms with Gasteiger partial charge in [0.25, 0.3) is 0 Å². The number of hydrogen-bond donors (Lipinski definition) is 1. The molecule has 0 bridgehead atoms. The highest BCUT2D eigenvalue weighted by atomic mass is 32.2. The molecule has 0 aliphatic heterocycles. The summed E-state index contributed by atoms with van der Waals surface area (Å²) in [6.45, 7) is 1.78. The Hall–Kier alpha value is -1.20. The molecule has 1 rings (SSSR count). The number of aryl methyl sites for hydroxylation is 1. The van der Waals surface area contributed by atoms with E-state index in [1.165, 1.54) is 0 Å². The number of rotatable bonds is 5. The van der Waals surface area contributed by atoms with Crippen LogP contribution in [0.3, 0.4) is 0 Å². The molecule has 5 heteroatoms. The highest BCUT2D eigenvalue weighted by Crippen LogP contribution is 2.12. The normalized spacial score (nSPS) is 11.4. The Morgan fingerprint density at radius 1 is 1.25 bits per heavy atom. The number of sulfone groups is 1. The summed E-state index contributed by atoms with van der Waals surface area (Å²) in [5, 5.41) is 0. The van der Waals surface area contributed by atoms with E-state index in [9.17, 15) is 13.2 Å². The van der Waals surface area contributed by atoms with Gasteiger partial charge in [0.05, 0.1) is 17.2 Å². The van der Waals surface area contributed by atoms with Gasteiger partial charge in [-0.05, 0) is 19.1 Å². The van der Waals surface area contributed by atoms with Gasteiger partial charge in [-0.1, -0.05) is 17.7 Å². The topological polar surface area (TPSA) is 77.2 Å². The Morgan fingerprint density at radius 3 is 2.31 bits per heavy atom. The first-order chi connectivity index (χ1) is 7.45. The van der Waals surface area contributed by atoms with Gasteiger partial charge >= 0.3 is 0 Å². The van der Waals surface area contributed by atoms with E-state index < -0.39 is 9.84 Å². The molecule has 16 heavy (non-hydrogen) atoms. The van der Waals surface area contributed by atoms with Gasteiger partial charge < -0.3 is 5.73 Å². The molecule has 0 amide bonds. The zero-order chi connectivity index (χ0) is 12.2. The molecule has 0 heterocycles. The van der Waals surface area contributed by atoms with Crippen molar-refractivity contribution in [3.05, 3.63) is 29.8 Å². The molecule has 0 saturated heterocycles. The van der Waals surface area contributed by atoms with Crippen molar-refractivity contribution in [2.45, 2.75) is 18.2 Å². The zero-order valence-corrected chi connectivity index (χ0v) is 9.96. The highest BCUT2D eigenvalue weighted by molar-refractivity contribution is 7.91. The van der Waals surface area contributed by atoms with Gasteiger partial charge in [-0.2, -0.15) is 0 Å². The molecular weight excluding hydrogens is 226 g/mol. The molecule has 0 aliphatic rings. The first-order valence-corrected chi connectivity index (χ1v) is 6.62. The molecule has 0 aromatic heterocycles. The Kier molecular flexibility index (Phi) is 4.20. The van der Waals surface area contributed by atoms with Crippen LogP contribution in [0.15, 0.2) is 29.2 Å². The number of Topliss-reactive ketones (excluding diaryl/α,β-unsaturated/α-hetero) is 1. The average molecular weight is 241 g/mol. The summed E-state index contributed by atoms with van der Waals surface area (Å²) in [5.41, 5.74) is 6.11. The summed E-state index contributed by atoms with van der Waals surface area (Å²) in [4.78, 5) is 11.2. The number of hydrogen-bond acceptors (Lipinski definition) is 4. The predicted octanol–water partition coefficient (Wildman–Crippen LogP) is 0.687. The highest BCUT2D eigenvalue weighted by Gasteiger charge is 2.15. The quantitative estimate of drug-likeness (QED) is 0.822. The van der Waals surface area contributed by atoms with Crippen LogP contribution in [-0.2, 0) is 14.6 Å². The van der Waals surface area contributed by atoms with Crippen LogP contribution in [0.1, 0.15) is 12.0 Å². The van der Waals surface area contributed by atoms with Crippen LogP contribution in [0.4, 0.5) is 0 Å². The van der Waals surface area contributed by atoms with E-state index in [0.29, 0.717) is 0 Å². The molecular formula is C11H15NO3S. The van der Waals surface area contributed by atoms with Crippen LogP contribution in [0, 0.1) is 6.92 Å². The number of benzene rings is 1. The van der Waals surface area contributed by atoms with Gasteiger partial charge in [-0.25, -0.2) is 8.42 Å². The molecule has 1 aromatic carbocycles. The van der Waals surface area contributed by atoms with E-state index in [1.807, 2.05) is 6.92 Å². The maximum Gasteiger partial charge on any atom is 0.178 e. The lowest BCUT2D eigenvalue weighted by Crippen LogP contribution is -2.18. The van der Waals surface area contributed by atoms with Crippen LogP contribution >= 0.6 is 0 Å². The summed E-state index contributed by atoms with van der Waals surface area (Å²) >= 11 is 0.